The summed E-state index contributed by atoms with van der Waals surface area (Å²) in [6, 6.07) is 0. The van der Waals surface area contributed by atoms with Crippen LogP contribution < -0.4 is 59.1 Å². The first kappa shape index (κ1) is 21.5. The van der Waals surface area contributed by atoms with Gasteiger partial charge in [0, 0.05) is 9.15 Å². The third kappa shape index (κ3) is 12.3. The minimum absolute atomic E-state index is 0. The van der Waals surface area contributed by atoms with Gasteiger partial charge in [-0.25, -0.2) is 0 Å². The SMILES string of the molecule is CCCC([SH-]S(=O)(=O)[O-])N(C)C.[Na+].[Na+]. The second-order valence-corrected chi connectivity index (χ2v) is 6.40. The summed E-state index contributed by atoms with van der Waals surface area (Å²) >= 11 is 0. The Morgan fingerprint density at radius 1 is 1.36 bits per heavy atom. The van der Waals surface area contributed by atoms with E-state index in [1.165, 1.54) is 0 Å². The van der Waals surface area contributed by atoms with Crippen molar-refractivity contribution >= 4 is 19.9 Å². The average molecular weight is 259 g/mol. The molecule has 0 aromatic carbocycles. The summed E-state index contributed by atoms with van der Waals surface area (Å²) in [5, 5.41) is -0.169. The van der Waals surface area contributed by atoms with E-state index in [9.17, 15) is 13.0 Å². The number of hydrogen-bond donors (Lipinski definition) is 0. The van der Waals surface area contributed by atoms with Gasteiger partial charge in [-0.3, -0.25) is 8.42 Å². The second kappa shape index (κ2) is 10.4. The first-order valence-electron chi connectivity index (χ1n) is 3.71. The predicted octanol–water partition coefficient (Wildman–Crippen LogP) is -6.04. The van der Waals surface area contributed by atoms with Crippen molar-refractivity contribution in [1.82, 2.24) is 4.90 Å². The van der Waals surface area contributed by atoms with E-state index < -0.39 is 9.15 Å². The van der Waals surface area contributed by atoms with Gasteiger partial charge in [0.25, 0.3) is 0 Å². The molecule has 0 saturated heterocycles. The van der Waals surface area contributed by atoms with Gasteiger partial charge in [0.05, 0.1) is 0 Å². The van der Waals surface area contributed by atoms with Crippen molar-refractivity contribution in [3.05, 3.63) is 0 Å². The molecule has 0 amide bonds. The normalized spacial score (nSPS) is 13.2. The second-order valence-electron chi connectivity index (χ2n) is 2.77. The first-order valence-corrected chi connectivity index (χ1v) is 6.69. The van der Waals surface area contributed by atoms with Gasteiger partial charge < -0.3 is 20.2 Å². The van der Waals surface area contributed by atoms with Crippen LogP contribution in [0.1, 0.15) is 19.8 Å². The molecule has 0 aliphatic rings. The standard InChI is InChI=1S/C6H16NO3S2.2Na/c1-4-5-6(7(2)3)11-12(8,9)10;;/h6,11H,4-5H2,1-3H3,(H,8,9,10);;/q-1;2*+1/p-1. The number of thiol groups is 1. The molecule has 8 heteroatoms. The molecule has 4 nitrogen and oxygen atoms in total. The van der Waals surface area contributed by atoms with Crippen LogP contribution >= 0.6 is 0 Å². The summed E-state index contributed by atoms with van der Waals surface area (Å²) in [5.74, 6) is 0. The van der Waals surface area contributed by atoms with Crippen LogP contribution in [0.15, 0.2) is 0 Å². The van der Waals surface area contributed by atoms with Crippen LogP contribution in [-0.2, 0) is 19.9 Å². The summed E-state index contributed by atoms with van der Waals surface area (Å²) in [6.07, 6.45) is 1.61. The van der Waals surface area contributed by atoms with Crippen LogP contribution in [0.25, 0.3) is 0 Å². The predicted molar refractivity (Wildman–Crippen MR) is 50.8 cm³/mol. The number of hydrogen-bond acceptors (Lipinski definition) is 5. The topological polar surface area (TPSA) is 60.4 Å². The molecule has 0 spiro atoms. The van der Waals surface area contributed by atoms with E-state index in [1.54, 1.807) is 19.0 Å². The maximum atomic E-state index is 10.4. The molecule has 14 heavy (non-hydrogen) atoms. The van der Waals surface area contributed by atoms with E-state index in [-0.39, 0.29) is 75.3 Å². The third-order valence-corrected chi connectivity index (χ3v) is 4.12. The maximum absolute atomic E-state index is 10.4. The van der Waals surface area contributed by atoms with Gasteiger partial charge in [0.2, 0.25) is 0 Å². The quantitative estimate of drug-likeness (QED) is 0.162. The molecule has 1 unspecified atom stereocenters. The summed E-state index contributed by atoms with van der Waals surface area (Å²) in [5.41, 5.74) is 0. The third-order valence-electron chi connectivity index (χ3n) is 1.39. The summed E-state index contributed by atoms with van der Waals surface area (Å²) in [4.78, 5) is 1.76. The number of nitrogens with zero attached hydrogens (tertiary/aromatic N) is 1. The molecule has 0 bridgehead atoms. The van der Waals surface area contributed by atoms with Crippen LogP contribution in [0.3, 0.4) is 0 Å². The molecular formula is C6H15NNa2O3S2. The fourth-order valence-electron chi connectivity index (χ4n) is 0.812. The molecule has 0 rings (SSSR count). The molecule has 1 atom stereocenters. The van der Waals surface area contributed by atoms with Gasteiger partial charge in [0.1, 0.15) is 0 Å². The van der Waals surface area contributed by atoms with Crippen molar-refractivity contribution in [2.45, 2.75) is 25.1 Å². The zero-order valence-electron chi connectivity index (χ0n) is 9.52. The van der Waals surface area contributed by atoms with Crippen LogP contribution in [0.2, 0.25) is 0 Å². The van der Waals surface area contributed by atoms with Crippen LogP contribution in [0.5, 0.6) is 0 Å². The Labute approximate surface area is 134 Å². The van der Waals surface area contributed by atoms with E-state index in [4.69, 9.17) is 0 Å². The van der Waals surface area contributed by atoms with E-state index in [0.29, 0.717) is 0 Å². The smallest absolute Gasteiger partial charge is 0.766 e. The van der Waals surface area contributed by atoms with Gasteiger partial charge >= 0.3 is 59.1 Å². The van der Waals surface area contributed by atoms with E-state index in [1.807, 2.05) is 6.92 Å². The molecule has 0 heterocycles. The zero-order valence-corrected chi connectivity index (χ0v) is 15.2. The molecule has 0 radical (unpaired) electrons. The van der Waals surface area contributed by atoms with Gasteiger partial charge in [-0.1, -0.05) is 25.1 Å². The summed E-state index contributed by atoms with van der Waals surface area (Å²) in [6.45, 7) is 1.96. The first-order chi connectivity index (χ1) is 5.37. The molecule has 0 aliphatic heterocycles. The molecule has 0 aromatic heterocycles. The molecule has 76 valence electrons. The summed E-state index contributed by atoms with van der Waals surface area (Å²) in [7, 11) is -0.588. The van der Waals surface area contributed by atoms with E-state index in [2.05, 4.69) is 0 Å². The van der Waals surface area contributed by atoms with Crippen LogP contribution in [-0.4, -0.2) is 37.3 Å². The van der Waals surface area contributed by atoms with Crippen LogP contribution in [0.4, 0.5) is 0 Å². The molecule has 0 aromatic rings. The molecule has 0 N–H and O–H groups in total. The minimum Gasteiger partial charge on any atom is -0.766 e. The van der Waals surface area contributed by atoms with Gasteiger partial charge in [-0.05, 0) is 14.1 Å². The van der Waals surface area contributed by atoms with Crippen molar-refractivity contribution in [2.75, 3.05) is 14.1 Å². The minimum atomic E-state index is -4.11. The fourth-order valence-corrected chi connectivity index (χ4v) is 3.44. The van der Waals surface area contributed by atoms with Crippen LogP contribution in [0, 0.1) is 0 Å². The molecular weight excluding hydrogens is 244 g/mol. The Hall–Kier alpha value is 2.22. The fraction of sp³-hybridized carbons (Fsp3) is 1.00. The Kier molecular flexibility index (Phi) is 15.9. The molecule has 0 fully saturated rings. The molecule has 0 saturated carbocycles. The van der Waals surface area contributed by atoms with Gasteiger partial charge in [0.15, 0.2) is 0 Å². The van der Waals surface area contributed by atoms with E-state index in [0.717, 1.165) is 12.8 Å². The van der Waals surface area contributed by atoms with Crippen molar-refractivity contribution < 1.29 is 72.1 Å². The van der Waals surface area contributed by atoms with Gasteiger partial charge in [-0.15, -0.1) is 0 Å². The molecule has 0 aliphatic carbocycles. The average Bonchev–Trinajstić information content (AvgIpc) is 1.83. The number of rotatable bonds is 5. The maximum Gasteiger partial charge on any atom is 1.00 e. The van der Waals surface area contributed by atoms with E-state index >= 15 is 0 Å². The van der Waals surface area contributed by atoms with Crippen molar-refractivity contribution in [3.8, 4) is 0 Å². The largest absolute Gasteiger partial charge is 1.00 e. The van der Waals surface area contributed by atoms with Crippen molar-refractivity contribution in [1.29, 1.82) is 0 Å². The summed E-state index contributed by atoms with van der Waals surface area (Å²) < 4.78 is 31.3. The Bertz CT molecular complexity index is 221. The Balaban J connectivity index is -0.000000605. The zero-order chi connectivity index (χ0) is 9.78. The monoisotopic (exact) mass is 259 g/mol. The Morgan fingerprint density at radius 3 is 2.00 bits per heavy atom. The van der Waals surface area contributed by atoms with Gasteiger partial charge in [-0.2, -0.15) is 0 Å². The van der Waals surface area contributed by atoms with Crippen molar-refractivity contribution in [3.63, 3.8) is 0 Å². The Morgan fingerprint density at radius 2 is 1.79 bits per heavy atom. The van der Waals surface area contributed by atoms with Crippen molar-refractivity contribution in [2.24, 2.45) is 0 Å².